The van der Waals surface area contributed by atoms with Crippen LogP contribution in [0.3, 0.4) is 0 Å². The Morgan fingerprint density at radius 2 is 1.25 bits per heavy atom. The van der Waals surface area contributed by atoms with E-state index in [4.69, 9.17) is 6.57 Å². The number of rotatable bonds is 5. The predicted octanol–water partition coefficient (Wildman–Crippen LogP) is 9.80. The molecule has 8 nitrogen and oxygen atoms in total. The summed E-state index contributed by atoms with van der Waals surface area (Å²) < 4.78 is 2.01. The van der Waals surface area contributed by atoms with Gasteiger partial charge in [0, 0.05) is 21.9 Å². The molecule has 9 rings (SSSR count). The summed E-state index contributed by atoms with van der Waals surface area (Å²) in [6.07, 6.45) is 0. The molecular weight excluding hydrogens is 645 g/mol. The Morgan fingerprint density at radius 3 is 1.96 bits per heavy atom. The lowest BCUT2D eigenvalue weighted by atomic mass is 10.0. The molecule has 5 aromatic carbocycles. The number of imide groups is 1. The highest BCUT2D eigenvalue weighted by Crippen LogP contribution is 2.40. The van der Waals surface area contributed by atoms with Crippen molar-refractivity contribution in [1.29, 1.82) is 5.26 Å². The number of hydrogen-bond donors (Lipinski definition) is 0. The van der Waals surface area contributed by atoms with Gasteiger partial charge in [-0.15, -0.1) is 4.98 Å². The highest BCUT2D eigenvalue weighted by molar-refractivity contribution is 6.36. The van der Waals surface area contributed by atoms with Crippen LogP contribution in [0, 0.1) is 17.9 Å². The van der Waals surface area contributed by atoms with E-state index in [0.717, 1.165) is 44.1 Å². The molecule has 0 N–H and O–H groups in total. The molecule has 0 unspecified atom stereocenters. The van der Waals surface area contributed by atoms with Crippen LogP contribution >= 0.6 is 0 Å². The fourth-order valence-corrected chi connectivity index (χ4v) is 7.04. The average molecular weight is 669 g/mol. The van der Waals surface area contributed by atoms with E-state index in [0.29, 0.717) is 39.6 Å². The number of nitriles is 1. The van der Waals surface area contributed by atoms with Gasteiger partial charge in [-0.05, 0) is 77.9 Å². The molecule has 4 heterocycles. The highest BCUT2D eigenvalue weighted by Gasteiger charge is 2.39. The third-order valence-electron chi connectivity index (χ3n) is 9.42. The summed E-state index contributed by atoms with van der Waals surface area (Å²) in [5, 5.41) is 11.4. The van der Waals surface area contributed by atoms with Gasteiger partial charge in [-0.1, -0.05) is 85.4 Å². The number of amides is 2. The third kappa shape index (κ3) is 4.83. The van der Waals surface area contributed by atoms with Gasteiger partial charge in [0.15, 0.2) is 5.69 Å². The molecule has 0 fully saturated rings. The lowest BCUT2D eigenvalue weighted by molar-refractivity contribution is 0.0926. The highest BCUT2D eigenvalue weighted by atomic mass is 16.2. The fourth-order valence-electron chi connectivity index (χ4n) is 7.04. The molecule has 0 saturated heterocycles. The molecule has 0 radical (unpaired) electrons. The molecule has 0 atom stereocenters. The van der Waals surface area contributed by atoms with Crippen molar-refractivity contribution in [3.05, 3.63) is 174 Å². The van der Waals surface area contributed by atoms with Crippen molar-refractivity contribution >= 4 is 45.1 Å². The third-order valence-corrected chi connectivity index (χ3v) is 9.42. The quantitative estimate of drug-likeness (QED) is 0.134. The number of aromatic nitrogens is 3. The molecule has 52 heavy (non-hydrogen) atoms. The molecule has 0 saturated carbocycles. The first-order valence-electron chi connectivity index (χ1n) is 16.5. The number of nitrogens with zero attached hydrogens (tertiary/aromatic N) is 6. The van der Waals surface area contributed by atoms with Crippen molar-refractivity contribution in [3.63, 3.8) is 0 Å². The van der Waals surface area contributed by atoms with Gasteiger partial charge in [0.25, 0.3) is 17.6 Å². The van der Waals surface area contributed by atoms with Crippen LogP contribution in [-0.2, 0) is 0 Å². The predicted molar refractivity (Wildman–Crippen MR) is 201 cm³/mol. The van der Waals surface area contributed by atoms with Crippen LogP contribution in [0.4, 0.5) is 11.5 Å². The first kappa shape index (κ1) is 30.4. The minimum absolute atomic E-state index is 0.288. The summed E-state index contributed by atoms with van der Waals surface area (Å²) >= 11 is 0. The average Bonchev–Trinajstić information content (AvgIpc) is 3.67. The first-order valence-corrected chi connectivity index (χ1v) is 16.5. The Bertz CT molecular complexity index is 2760. The van der Waals surface area contributed by atoms with Crippen LogP contribution in [0.1, 0.15) is 26.4 Å². The first-order chi connectivity index (χ1) is 25.5. The molecule has 1 aliphatic rings. The van der Waals surface area contributed by atoms with Crippen LogP contribution in [0.2, 0.25) is 0 Å². The van der Waals surface area contributed by atoms with Crippen molar-refractivity contribution < 1.29 is 9.59 Å². The van der Waals surface area contributed by atoms with Gasteiger partial charge in [0.2, 0.25) is 0 Å². The Kier molecular flexibility index (Phi) is 7.03. The number of carbonyl (C=O) groups excluding carboxylic acids is 2. The summed E-state index contributed by atoms with van der Waals surface area (Å²) in [4.78, 5) is 42.6. The van der Waals surface area contributed by atoms with Crippen LogP contribution in [-0.4, -0.2) is 26.3 Å². The van der Waals surface area contributed by atoms with E-state index in [-0.39, 0.29) is 5.82 Å². The van der Waals surface area contributed by atoms with Gasteiger partial charge < -0.3 is 9.41 Å². The zero-order valence-electron chi connectivity index (χ0n) is 27.4. The second kappa shape index (κ2) is 12.0. The van der Waals surface area contributed by atoms with Crippen molar-refractivity contribution in [1.82, 2.24) is 14.5 Å². The molecule has 2 amide bonds. The summed E-state index contributed by atoms with van der Waals surface area (Å²) in [6, 6.07) is 47.4. The second-order valence-electron chi connectivity index (χ2n) is 12.4. The maximum atomic E-state index is 14.6. The van der Waals surface area contributed by atoms with E-state index in [1.54, 1.807) is 42.5 Å². The zero-order chi connectivity index (χ0) is 35.3. The van der Waals surface area contributed by atoms with Crippen molar-refractivity contribution in [2.75, 3.05) is 4.90 Å². The lowest BCUT2D eigenvalue weighted by Crippen LogP contribution is -2.29. The molecule has 242 valence electrons. The fraction of sp³-hybridized carbons (Fsp3) is 0. The van der Waals surface area contributed by atoms with E-state index in [2.05, 4.69) is 20.9 Å². The molecule has 8 aromatic rings. The van der Waals surface area contributed by atoms with Crippen molar-refractivity contribution in [2.24, 2.45) is 0 Å². The van der Waals surface area contributed by atoms with Gasteiger partial charge in [-0.25, -0.2) is 9.88 Å². The number of benzene rings is 5. The number of carbonyl (C=O) groups is 2. The summed E-state index contributed by atoms with van der Waals surface area (Å²) in [5.41, 5.74) is 8.24. The Hall–Kier alpha value is -7.68. The van der Waals surface area contributed by atoms with Gasteiger partial charge in [0.05, 0.1) is 39.2 Å². The monoisotopic (exact) mass is 668 g/mol. The Labute approximate surface area is 297 Å². The summed E-state index contributed by atoms with van der Waals surface area (Å²) in [7, 11) is 0. The minimum atomic E-state index is -0.419. The topological polar surface area (TPSA) is 96.2 Å². The largest absolute Gasteiger partial charge is 0.361 e. The van der Waals surface area contributed by atoms with E-state index in [1.807, 2.05) is 108 Å². The number of hydrogen-bond acceptors (Lipinski definition) is 5. The standard InChI is InChI=1S/C44H24N6O2/c1-46-41-18-8-16-37(48-41)30-20-22-34-33-21-19-29(36-15-6-12-31(26-45)47-36)24-39(33)50(40(34)25-30)38-17-7-14-35-42(38)44(52)49(43(35)51)32-13-5-11-28(23-32)27-9-3-2-4-10-27/h2-25H. The number of pyridine rings is 2. The second-order valence-corrected chi connectivity index (χ2v) is 12.4. The minimum Gasteiger partial charge on any atom is -0.361 e. The van der Waals surface area contributed by atoms with E-state index in [1.165, 1.54) is 4.90 Å². The van der Waals surface area contributed by atoms with Crippen LogP contribution in [0.15, 0.2) is 146 Å². The van der Waals surface area contributed by atoms with Gasteiger partial charge in [-0.2, -0.15) is 5.26 Å². The molecular formula is C44H24N6O2. The summed E-state index contributed by atoms with van der Waals surface area (Å²) in [6.45, 7) is 7.48. The van der Waals surface area contributed by atoms with Crippen LogP contribution < -0.4 is 4.90 Å². The molecule has 0 aliphatic carbocycles. The van der Waals surface area contributed by atoms with Gasteiger partial charge >= 0.3 is 0 Å². The molecule has 0 bridgehead atoms. The molecule has 8 heteroatoms. The van der Waals surface area contributed by atoms with Gasteiger partial charge in [-0.3, -0.25) is 9.59 Å². The van der Waals surface area contributed by atoms with Crippen LogP contribution in [0.5, 0.6) is 0 Å². The van der Waals surface area contributed by atoms with E-state index < -0.39 is 11.8 Å². The van der Waals surface area contributed by atoms with Crippen molar-refractivity contribution in [2.45, 2.75) is 0 Å². The number of anilines is 1. The lowest BCUT2D eigenvalue weighted by Gasteiger charge is -2.16. The molecule has 3 aromatic heterocycles. The Balaban J connectivity index is 1.27. The summed E-state index contributed by atoms with van der Waals surface area (Å²) in [5.74, 6) is -0.527. The van der Waals surface area contributed by atoms with Crippen molar-refractivity contribution in [3.8, 4) is 45.4 Å². The maximum Gasteiger partial charge on any atom is 0.270 e. The normalized spacial score (nSPS) is 12.2. The van der Waals surface area contributed by atoms with Crippen LogP contribution in [0.25, 0.3) is 66.0 Å². The van der Waals surface area contributed by atoms with E-state index >= 15 is 0 Å². The maximum absolute atomic E-state index is 14.6. The smallest absolute Gasteiger partial charge is 0.270 e. The zero-order valence-corrected chi connectivity index (χ0v) is 27.4. The Morgan fingerprint density at radius 1 is 0.596 bits per heavy atom. The molecule has 1 aliphatic heterocycles. The van der Waals surface area contributed by atoms with E-state index in [9.17, 15) is 14.9 Å². The SMILES string of the molecule is [C-]#[N+]c1cccc(-c2ccc3c4ccc(-c5cccc(C#N)n5)cc4n(-c4cccc5c4C(=O)N(c4cccc(-c6ccccc6)c4)C5=O)c3c2)n1. The molecule has 0 spiro atoms. The number of fused-ring (bicyclic) bond motifs is 4. The van der Waals surface area contributed by atoms with Gasteiger partial charge in [0.1, 0.15) is 11.8 Å².